The van der Waals surface area contributed by atoms with Gasteiger partial charge in [0.1, 0.15) is 5.75 Å². The average molecular weight is 199 g/mol. The summed E-state index contributed by atoms with van der Waals surface area (Å²) in [5, 5.41) is 0. The Morgan fingerprint density at radius 2 is 2.00 bits per heavy atom. The molecule has 0 bridgehead atoms. The van der Waals surface area contributed by atoms with Crippen LogP contribution in [-0.2, 0) is 6.42 Å². The monoisotopic (exact) mass is 198 g/mol. The van der Waals surface area contributed by atoms with Gasteiger partial charge in [-0.05, 0) is 37.0 Å². The SMILES string of the molecule is COc1c(CCCl)ccc(C)c1C. The highest BCUT2D eigenvalue weighted by Gasteiger charge is 2.07. The number of aryl methyl sites for hydroxylation is 2. The number of ether oxygens (including phenoxy) is 1. The van der Waals surface area contributed by atoms with Gasteiger partial charge >= 0.3 is 0 Å². The van der Waals surface area contributed by atoms with Crippen LogP contribution < -0.4 is 4.74 Å². The number of alkyl halides is 1. The van der Waals surface area contributed by atoms with E-state index in [4.69, 9.17) is 16.3 Å². The first kappa shape index (κ1) is 10.4. The molecule has 0 heterocycles. The summed E-state index contributed by atoms with van der Waals surface area (Å²) < 4.78 is 5.35. The average Bonchev–Trinajstić information content (AvgIpc) is 2.12. The Labute approximate surface area is 84.7 Å². The molecule has 2 heteroatoms. The predicted molar refractivity (Wildman–Crippen MR) is 56.9 cm³/mol. The molecule has 1 aromatic carbocycles. The van der Waals surface area contributed by atoms with Crippen LogP contribution in [0.4, 0.5) is 0 Å². The summed E-state index contributed by atoms with van der Waals surface area (Å²) in [4.78, 5) is 0. The zero-order valence-corrected chi connectivity index (χ0v) is 9.11. The number of rotatable bonds is 3. The Morgan fingerprint density at radius 3 is 2.54 bits per heavy atom. The maximum atomic E-state index is 5.70. The van der Waals surface area contributed by atoms with Crippen LogP contribution in [0.2, 0.25) is 0 Å². The van der Waals surface area contributed by atoms with Crippen molar-refractivity contribution in [2.24, 2.45) is 0 Å². The number of hydrogen-bond donors (Lipinski definition) is 0. The van der Waals surface area contributed by atoms with E-state index in [0.29, 0.717) is 5.88 Å². The number of hydrogen-bond acceptors (Lipinski definition) is 1. The molecule has 0 aliphatic carbocycles. The Balaban J connectivity index is 3.13. The van der Waals surface area contributed by atoms with Crippen molar-refractivity contribution in [3.8, 4) is 5.75 Å². The molecular formula is C11H15ClO. The molecule has 0 atom stereocenters. The Kier molecular flexibility index (Phi) is 3.61. The number of halogens is 1. The largest absolute Gasteiger partial charge is 0.496 e. The van der Waals surface area contributed by atoms with Gasteiger partial charge in [-0.2, -0.15) is 0 Å². The maximum absolute atomic E-state index is 5.70. The lowest BCUT2D eigenvalue weighted by atomic mass is 10.0. The molecule has 0 aliphatic rings. The summed E-state index contributed by atoms with van der Waals surface area (Å²) in [6.07, 6.45) is 0.867. The first-order valence-corrected chi connectivity index (χ1v) is 4.93. The molecule has 0 aliphatic heterocycles. The maximum Gasteiger partial charge on any atom is 0.125 e. The van der Waals surface area contributed by atoms with Crippen LogP contribution in [0, 0.1) is 13.8 Å². The predicted octanol–water partition coefficient (Wildman–Crippen LogP) is 3.09. The van der Waals surface area contributed by atoms with E-state index in [1.165, 1.54) is 16.7 Å². The van der Waals surface area contributed by atoms with E-state index >= 15 is 0 Å². The molecule has 13 heavy (non-hydrogen) atoms. The van der Waals surface area contributed by atoms with Gasteiger partial charge in [-0.25, -0.2) is 0 Å². The van der Waals surface area contributed by atoms with Crippen molar-refractivity contribution in [1.29, 1.82) is 0 Å². The Hall–Kier alpha value is -0.690. The molecule has 1 aromatic rings. The van der Waals surface area contributed by atoms with Crippen molar-refractivity contribution in [2.75, 3.05) is 13.0 Å². The molecular weight excluding hydrogens is 184 g/mol. The topological polar surface area (TPSA) is 9.23 Å². The molecule has 0 spiro atoms. The van der Waals surface area contributed by atoms with E-state index in [2.05, 4.69) is 26.0 Å². The van der Waals surface area contributed by atoms with Crippen LogP contribution in [0.5, 0.6) is 5.75 Å². The molecule has 0 saturated carbocycles. The molecule has 0 amide bonds. The summed E-state index contributed by atoms with van der Waals surface area (Å²) in [6, 6.07) is 4.20. The zero-order valence-electron chi connectivity index (χ0n) is 8.36. The van der Waals surface area contributed by atoms with Crippen molar-refractivity contribution in [3.63, 3.8) is 0 Å². The first-order valence-electron chi connectivity index (χ1n) is 4.39. The van der Waals surface area contributed by atoms with Gasteiger partial charge in [-0.1, -0.05) is 12.1 Å². The van der Waals surface area contributed by atoms with E-state index in [-0.39, 0.29) is 0 Å². The summed E-state index contributed by atoms with van der Waals surface area (Å²) in [6.45, 7) is 4.16. The van der Waals surface area contributed by atoms with E-state index < -0.39 is 0 Å². The van der Waals surface area contributed by atoms with Crippen LogP contribution >= 0.6 is 11.6 Å². The zero-order chi connectivity index (χ0) is 9.84. The highest BCUT2D eigenvalue weighted by molar-refractivity contribution is 6.18. The van der Waals surface area contributed by atoms with Gasteiger partial charge in [0.05, 0.1) is 7.11 Å². The summed E-state index contributed by atoms with van der Waals surface area (Å²) in [5.41, 5.74) is 3.67. The summed E-state index contributed by atoms with van der Waals surface area (Å²) >= 11 is 5.70. The second kappa shape index (κ2) is 4.52. The van der Waals surface area contributed by atoms with Crippen molar-refractivity contribution in [3.05, 3.63) is 28.8 Å². The minimum absolute atomic E-state index is 0.638. The van der Waals surface area contributed by atoms with Gasteiger partial charge in [-0.3, -0.25) is 0 Å². The second-order valence-electron chi connectivity index (χ2n) is 3.14. The van der Waals surface area contributed by atoms with Gasteiger partial charge in [0.15, 0.2) is 0 Å². The Bertz CT molecular complexity index is 294. The minimum atomic E-state index is 0.638. The highest BCUT2D eigenvalue weighted by Crippen LogP contribution is 2.26. The molecule has 0 aromatic heterocycles. The fourth-order valence-electron chi connectivity index (χ4n) is 1.43. The van der Waals surface area contributed by atoms with Crippen molar-refractivity contribution >= 4 is 11.6 Å². The van der Waals surface area contributed by atoms with Gasteiger partial charge in [0.25, 0.3) is 0 Å². The fourth-order valence-corrected chi connectivity index (χ4v) is 1.63. The van der Waals surface area contributed by atoms with Crippen LogP contribution in [-0.4, -0.2) is 13.0 Å². The number of benzene rings is 1. The third-order valence-electron chi connectivity index (χ3n) is 2.33. The molecule has 0 N–H and O–H groups in total. The van der Waals surface area contributed by atoms with Crippen molar-refractivity contribution in [1.82, 2.24) is 0 Å². The highest BCUT2D eigenvalue weighted by atomic mass is 35.5. The van der Waals surface area contributed by atoms with E-state index in [1.807, 2.05) is 0 Å². The Morgan fingerprint density at radius 1 is 1.31 bits per heavy atom. The van der Waals surface area contributed by atoms with Gasteiger partial charge in [0.2, 0.25) is 0 Å². The molecule has 1 nitrogen and oxygen atoms in total. The van der Waals surface area contributed by atoms with Crippen LogP contribution in [0.1, 0.15) is 16.7 Å². The smallest absolute Gasteiger partial charge is 0.125 e. The normalized spacial score (nSPS) is 10.2. The minimum Gasteiger partial charge on any atom is -0.496 e. The van der Waals surface area contributed by atoms with E-state index in [0.717, 1.165) is 12.2 Å². The quantitative estimate of drug-likeness (QED) is 0.679. The first-order chi connectivity index (χ1) is 6.20. The molecule has 0 unspecified atom stereocenters. The fraction of sp³-hybridized carbons (Fsp3) is 0.455. The van der Waals surface area contributed by atoms with Gasteiger partial charge < -0.3 is 4.74 Å². The van der Waals surface area contributed by atoms with Crippen molar-refractivity contribution in [2.45, 2.75) is 20.3 Å². The molecule has 0 radical (unpaired) electrons. The standard InChI is InChI=1S/C11H15ClO/c1-8-4-5-10(6-7-12)11(13-3)9(8)2/h4-5H,6-7H2,1-3H3. The van der Waals surface area contributed by atoms with Crippen molar-refractivity contribution < 1.29 is 4.74 Å². The third-order valence-corrected chi connectivity index (χ3v) is 2.52. The number of methoxy groups -OCH3 is 1. The van der Waals surface area contributed by atoms with Gasteiger partial charge in [0, 0.05) is 5.88 Å². The molecule has 0 saturated heterocycles. The summed E-state index contributed by atoms with van der Waals surface area (Å²) in [5.74, 6) is 1.62. The molecule has 0 fully saturated rings. The van der Waals surface area contributed by atoms with Crippen LogP contribution in [0.25, 0.3) is 0 Å². The molecule has 1 rings (SSSR count). The lowest BCUT2D eigenvalue weighted by molar-refractivity contribution is 0.406. The molecule has 72 valence electrons. The van der Waals surface area contributed by atoms with E-state index in [9.17, 15) is 0 Å². The lowest BCUT2D eigenvalue weighted by Gasteiger charge is -2.12. The van der Waals surface area contributed by atoms with Gasteiger partial charge in [-0.15, -0.1) is 11.6 Å². The third kappa shape index (κ3) is 2.16. The van der Waals surface area contributed by atoms with Crippen LogP contribution in [0.3, 0.4) is 0 Å². The van der Waals surface area contributed by atoms with Crippen LogP contribution in [0.15, 0.2) is 12.1 Å². The summed E-state index contributed by atoms with van der Waals surface area (Å²) in [7, 11) is 1.71. The lowest BCUT2D eigenvalue weighted by Crippen LogP contribution is -1.97. The second-order valence-corrected chi connectivity index (χ2v) is 3.52. The van der Waals surface area contributed by atoms with E-state index in [1.54, 1.807) is 7.11 Å².